The minimum absolute atomic E-state index is 0.00166. The molecular formula is C22H25ClN4O3S2. The van der Waals surface area contributed by atoms with Crippen LogP contribution in [0.25, 0.3) is 10.7 Å². The molecule has 7 nitrogen and oxygen atoms in total. The fourth-order valence-corrected chi connectivity index (χ4v) is 6.61. The highest BCUT2D eigenvalue weighted by Gasteiger charge is 2.27. The number of nitrogens with one attached hydrogen (secondary N) is 1. The van der Waals surface area contributed by atoms with Gasteiger partial charge in [-0.2, -0.15) is 0 Å². The van der Waals surface area contributed by atoms with Crippen molar-refractivity contribution in [2.75, 3.05) is 17.8 Å². The normalized spacial score (nSPS) is 14.2. The number of sulfonamides is 1. The number of nitrogens with zero attached hydrogens (tertiary/aromatic N) is 3. The molecule has 32 heavy (non-hydrogen) atoms. The van der Waals surface area contributed by atoms with Crippen molar-refractivity contribution in [1.29, 1.82) is 0 Å². The van der Waals surface area contributed by atoms with E-state index >= 15 is 0 Å². The van der Waals surface area contributed by atoms with Crippen LogP contribution in [0, 0.1) is 20.8 Å². The second-order valence-corrected chi connectivity index (χ2v) is 11.1. The standard InChI is InChI=1S/C22H25ClN4O3S2/c1-13-7-8-17(16(23)11-13)25-32(29,30)19-12-18(26(4)15(19)3)21-24-14(2)20(31-21)22(28)27-9-5-6-10-27/h7-8,11-12,25H,5-6,9-10H2,1-4H3. The Morgan fingerprint density at radius 3 is 2.50 bits per heavy atom. The number of thiazole rings is 1. The van der Waals surface area contributed by atoms with E-state index in [1.165, 1.54) is 11.3 Å². The van der Waals surface area contributed by atoms with Crippen LogP contribution in [0.4, 0.5) is 5.69 Å². The zero-order valence-electron chi connectivity index (χ0n) is 18.4. The third-order valence-corrected chi connectivity index (χ3v) is 8.71. The Morgan fingerprint density at radius 1 is 1.16 bits per heavy atom. The van der Waals surface area contributed by atoms with Gasteiger partial charge in [-0.05, 0) is 57.4 Å². The van der Waals surface area contributed by atoms with E-state index < -0.39 is 10.0 Å². The molecule has 0 radical (unpaired) electrons. The molecule has 1 saturated heterocycles. The number of hydrogen-bond acceptors (Lipinski definition) is 5. The number of aromatic nitrogens is 2. The molecule has 0 aliphatic carbocycles. The Kier molecular flexibility index (Phi) is 6.08. The molecule has 0 atom stereocenters. The molecule has 1 aliphatic rings. The topological polar surface area (TPSA) is 84.3 Å². The van der Waals surface area contributed by atoms with Crippen molar-refractivity contribution in [3.63, 3.8) is 0 Å². The van der Waals surface area contributed by atoms with Crippen LogP contribution in [0.5, 0.6) is 0 Å². The van der Waals surface area contributed by atoms with Crippen molar-refractivity contribution in [1.82, 2.24) is 14.5 Å². The van der Waals surface area contributed by atoms with Crippen molar-refractivity contribution >= 4 is 44.6 Å². The van der Waals surface area contributed by atoms with Crippen LogP contribution in [-0.4, -0.2) is 41.9 Å². The molecule has 170 valence electrons. The summed E-state index contributed by atoms with van der Waals surface area (Å²) in [5, 5.41) is 0.952. The maximum absolute atomic E-state index is 13.1. The van der Waals surface area contributed by atoms with Gasteiger partial charge in [-0.15, -0.1) is 11.3 Å². The molecule has 3 aromatic rings. The SMILES string of the molecule is Cc1ccc(NS(=O)(=O)c2cc(-c3nc(C)c(C(=O)N4CCCC4)s3)n(C)c2C)c(Cl)c1. The van der Waals surface area contributed by atoms with Gasteiger partial charge in [0.1, 0.15) is 14.8 Å². The lowest BCUT2D eigenvalue weighted by Crippen LogP contribution is -2.27. The molecular weight excluding hydrogens is 468 g/mol. The molecule has 0 spiro atoms. The van der Waals surface area contributed by atoms with Gasteiger partial charge in [0.25, 0.3) is 15.9 Å². The number of hydrogen-bond donors (Lipinski definition) is 1. The first-order chi connectivity index (χ1) is 15.1. The van der Waals surface area contributed by atoms with Crippen molar-refractivity contribution < 1.29 is 13.2 Å². The van der Waals surface area contributed by atoms with Crippen LogP contribution in [0.1, 0.15) is 39.5 Å². The number of carbonyl (C=O) groups is 1. The van der Waals surface area contributed by atoms with Crippen molar-refractivity contribution in [3.8, 4) is 10.7 Å². The second-order valence-electron chi connectivity index (χ2n) is 8.06. The minimum Gasteiger partial charge on any atom is -0.345 e. The van der Waals surface area contributed by atoms with Gasteiger partial charge in [0.15, 0.2) is 0 Å². The van der Waals surface area contributed by atoms with Gasteiger partial charge in [-0.1, -0.05) is 17.7 Å². The molecule has 1 fully saturated rings. The van der Waals surface area contributed by atoms with Gasteiger partial charge < -0.3 is 9.47 Å². The summed E-state index contributed by atoms with van der Waals surface area (Å²) in [7, 11) is -2.08. The molecule has 1 amide bonds. The summed E-state index contributed by atoms with van der Waals surface area (Å²) in [6, 6.07) is 6.75. The lowest BCUT2D eigenvalue weighted by atomic mass is 10.2. The van der Waals surface area contributed by atoms with Crippen LogP contribution in [0.2, 0.25) is 5.02 Å². The molecule has 0 saturated carbocycles. The van der Waals surface area contributed by atoms with E-state index in [1.54, 1.807) is 42.8 Å². The number of anilines is 1. The summed E-state index contributed by atoms with van der Waals surface area (Å²) in [6.07, 6.45) is 2.04. The highest BCUT2D eigenvalue weighted by molar-refractivity contribution is 7.92. The molecule has 1 aromatic carbocycles. The second kappa shape index (κ2) is 8.53. The van der Waals surface area contributed by atoms with Gasteiger partial charge in [0, 0.05) is 25.8 Å². The largest absolute Gasteiger partial charge is 0.345 e. The van der Waals surface area contributed by atoms with Gasteiger partial charge >= 0.3 is 0 Å². The molecule has 3 heterocycles. The van der Waals surface area contributed by atoms with Crippen molar-refractivity contribution in [3.05, 3.63) is 51.1 Å². The minimum atomic E-state index is -3.88. The van der Waals surface area contributed by atoms with E-state index in [0.29, 0.717) is 37.7 Å². The number of rotatable bonds is 5. The molecule has 1 N–H and O–H groups in total. The number of carbonyl (C=O) groups excluding carboxylic acids is 1. The first-order valence-electron chi connectivity index (χ1n) is 10.3. The van der Waals surface area contributed by atoms with Crippen LogP contribution < -0.4 is 4.72 Å². The monoisotopic (exact) mass is 492 g/mol. The summed E-state index contributed by atoms with van der Waals surface area (Å²) in [4.78, 5) is 20.1. The van der Waals surface area contributed by atoms with Gasteiger partial charge in [-0.25, -0.2) is 13.4 Å². The first-order valence-corrected chi connectivity index (χ1v) is 13.0. The van der Waals surface area contributed by atoms with Crippen molar-refractivity contribution in [2.45, 2.75) is 38.5 Å². The number of halogens is 1. The fourth-order valence-electron chi connectivity index (χ4n) is 3.82. The Labute approximate surface area is 197 Å². The van der Waals surface area contributed by atoms with E-state index in [9.17, 15) is 13.2 Å². The van der Waals surface area contributed by atoms with E-state index in [2.05, 4.69) is 9.71 Å². The van der Waals surface area contributed by atoms with Crippen LogP contribution in [0.15, 0.2) is 29.2 Å². The lowest BCUT2D eigenvalue weighted by molar-refractivity contribution is 0.0796. The molecule has 2 aromatic heterocycles. The number of benzene rings is 1. The average Bonchev–Trinajstić information content (AvgIpc) is 3.45. The highest BCUT2D eigenvalue weighted by atomic mass is 35.5. The van der Waals surface area contributed by atoms with Crippen molar-refractivity contribution in [2.24, 2.45) is 7.05 Å². The molecule has 0 bridgehead atoms. The zero-order chi connectivity index (χ0) is 23.2. The smallest absolute Gasteiger partial charge is 0.265 e. The summed E-state index contributed by atoms with van der Waals surface area (Å²) in [5.41, 5.74) is 3.14. The summed E-state index contributed by atoms with van der Waals surface area (Å²) in [6.45, 7) is 6.98. The van der Waals surface area contributed by atoms with E-state index in [-0.39, 0.29) is 10.8 Å². The van der Waals surface area contributed by atoms with Crippen LogP contribution >= 0.6 is 22.9 Å². The number of likely N-dealkylation sites (tertiary alicyclic amines) is 1. The maximum Gasteiger partial charge on any atom is 0.265 e. The predicted octanol–water partition coefficient (Wildman–Crippen LogP) is 4.76. The van der Waals surface area contributed by atoms with E-state index in [0.717, 1.165) is 31.5 Å². The Morgan fingerprint density at radius 2 is 1.84 bits per heavy atom. The quantitative estimate of drug-likeness (QED) is 0.556. The molecule has 10 heteroatoms. The molecule has 4 rings (SSSR count). The number of aryl methyl sites for hydroxylation is 2. The number of amides is 1. The predicted molar refractivity (Wildman–Crippen MR) is 128 cm³/mol. The summed E-state index contributed by atoms with van der Waals surface area (Å²) < 4.78 is 30.7. The highest BCUT2D eigenvalue weighted by Crippen LogP contribution is 2.34. The Balaban J connectivity index is 1.68. The van der Waals surface area contributed by atoms with Gasteiger partial charge in [-0.3, -0.25) is 9.52 Å². The maximum atomic E-state index is 13.1. The molecule has 0 unspecified atom stereocenters. The van der Waals surface area contributed by atoms with E-state index in [1.807, 2.05) is 18.7 Å². The van der Waals surface area contributed by atoms with Crippen LogP contribution in [-0.2, 0) is 17.1 Å². The summed E-state index contributed by atoms with van der Waals surface area (Å²) in [5.74, 6) is -0.00166. The fraction of sp³-hybridized carbons (Fsp3) is 0.364. The van der Waals surface area contributed by atoms with Gasteiger partial charge in [0.2, 0.25) is 0 Å². The Bertz CT molecular complexity index is 1300. The Hall–Kier alpha value is -2.36. The van der Waals surface area contributed by atoms with Crippen LogP contribution in [0.3, 0.4) is 0 Å². The third kappa shape index (κ3) is 4.16. The first kappa shape index (κ1) is 22.8. The van der Waals surface area contributed by atoms with Gasteiger partial charge in [0.05, 0.1) is 22.1 Å². The van der Waals surface area contributed by atoms with E-state index in [4.69, 9.17) is 11.6 Å². The average molecular weight is 493 g/mol. The summed E-state index contributed by atoms with van der Waals surface area (Å²) >= 11 is 7.53. The molecule has 1 aliphatic heterocycles. The lowest BCUT2D eigenvalue weighted by Gasteiger charge is -2.13. The zero-order valence-corrected chi connectivity index (χ0v) is 20.8. The third-order valence-electron chi connectivity index (χ3n) is 5.75.